The van der Waals surface area contributed by atoms with Gasteiger partial charge in [-0.1, -0.05) is 24.3 Å². The average molecular weight is 434 g/mol. The Morgan fingerprint density at radius 1 is 1.16 bits per heavy atom. The van der Waals surface area contributed by atoms with E-state index in [1.54, 1.807) is 0 Å². The van der Waals surface area contributed by atoms with Crippen LogP contribution in [0, 0.1) is 25.1 Å². The molecule has 2 aromatic carbocycles. The van der Waals surface area contributed by atoms with Gasteiger partial charge in [0.25, 0.3) is 5.91 Å². The average Bonchev–Trinajstić information content (AvgIpc) is 3.07. The Hall–Kier alpha value is -3.15. The Labute approximate surface area is 187 Å². The number of hydrogen-bond acceptors (Lipinski definition) is 3. The van der Waals surface area contributed by atoms with Crippen molar-refractivity contribution in [2.45, 2.75) is 39.7 Å². The van der Waals surface area contributed by atoms with Crippen molar-refractivity contribution in [2.24, 2.45) is 5.41 Å². The van der Waals surface area contributed by atoms with Crippen molar-refractivity contribution in [3.8, 4) is 17.0 Å². The first-order chi connectivity index (χ1) is 15.4. The second-order valence-corrected chi connectivity index (χ2v) is 9.23. The highest BCUT2D eigenvalue weighted by Gasteiger charge is 2.55. The number of benzene rings is 2. The lowest BCUT2D eigenvalue weighted by Gasteiger charge is -2.59. The summed E-state index contributed by atoms with van der Waals surface area (Å²) in [4.78, 5) is 14.8. The number of halogens is 1. The molecule has 2 fully saturated rings. The number of carbonyl (C=O) groups excluding carboxylic acids is 1. The van der Waals surface area contributed by atoms with E-state index in [1.807, 2.05) is 18.7 Å². The SMILES string of the molecule is CCOc1cc(F)ccc1C(=O)N1CC2(CC(n3nc(C)cc3-c3ccccc3C)C2)C1. The first kappa shape index (κ1) is 20.7. The summed E-state index contributed by atoms with van der Waals surface area (Å²) < 4.78 is 21.3. The van der Waals surface area contributed by atoms with E-state index in [9.17, 15) is 9.18 Å². The number of aromatic nitrogens is 2. The van der Waals surface area contributed by atoms with E-state index in [1.165, 1.54) is 35.0 Å². The first-order valence-corrected chi connectivity index (χ1v) is 11.2. The molecule has 0 N–H and O–H groups in total. The number of carbonyl (C=O) groups is 1. The Morgan fingerprint density at radius 3 is 2.62 bits per heavy atom. The van der Waals surface area contributed by atoms with Gasteiger partial charge in [0.15, 0.2) is 0 Å². The summed E-state index contributed by atoms with van der Waals surface area (Å²) >= 11 is 0. The number of hydrogen-bond donors (Lipinski definition) is 0. The predicted octanol–water partition coefficient (Wildman–Crippen LogP) is 5.18. The van der Waals surface area contributed by atoms with E-state index < -0.39 is 5.82 Å². The van der Waals surface area contributed by atoms with Crippen molar-refractivity contribution in [2.75, 3.05) is 19.7 Å². The number of ether oxygens (including phenoxy) is 1. The highest BCUT2D eigenvalue weighted by Crippen LogP contribution is 2.55. The number of amides is 1. The van der Waals surface area contributed by atoms with E-state index in [0.29, 0.717) is 24.0 Å². The molecule has 2 heterocycles. The van der Waals surface area contributed by atoms with E-state index in [4.69, 9.17) is 9.84 Å². The van der Waals surface area contributed by atoms with Crippen molar-refractivity contribution >= 4 is 5.91 Å². The molecular weight excluding hydrogens is 405 g/mol. The molecule has 2 aliphatic rings. The van der Waals surface area contributed by atoms with Gasteiger partial charge in [0.2, 0.25) is 0 Å². The first-order valence-electron chi connectivity index (χ1n) is 11.2. The van der Waals surface area contributed by atoms with Crippen LogP contribution in [-0.2, 0) is 0 Å². The molecule has 1 aromatic heterocycles. The predicted molar refractivity (Wildman–Crippen MR) is 121 cm³/mol. The minimum absolute atomic E-state index is 0.0851. The van der Waals surface area contributed by atoms with Gasteiger partial charge >= 0.3 is 0 Å². The van der Waals surface area contributed by atoms with E-state index in [-0.39, 0.29) is 11.3 Å². The molecule has 6 heteroatoms. The summed E-state index contributed by atoms with van der Waals surface area (Å²) in [6.45, 7) is 7.84. The Bertz CT molecular complexity index is 1170. The summed E-state index contributed by atoms with van der Waals surface area (Å²) in [6.07, 6.45) is 2.02. The zero-order valence-electron chi connectivity index (χ0n) is 18.8. The molecule has 1 spiro atoms. The molecule has 0 bridgehead atoms. The molecule has 1 amide bonds. The fourth-order valence-corrected chi connectivity index (χ4v) is 5.25. The third kappa shape index (κ3) is 3.48. The molecule has 166 valence electrons. The summed E-state index contributed by atoms with van der Waals surface area (Å²) in [5, 5.41) is 4.80. The molecule has 1 saturated heterocycles. The van der Waals surface area contributed by atoms with Crippen LogP contribution in [0.4, 0.5) is 4.39 Å². The van der Waals surface area contributed by atoms with Gasteiger partial charge in [-0.25, -0.2) is 4.39 Å². The van der Waals surface area contributed by atoms with Gasteiger partial charge in [0.1, 0.15) is 11.6 Å². The van der Waals surface area contributed by atoms with Crippen molar-refractivity contribution in [1.82, 2.24) is 14.7 Å². The number of nitrogens with zero attached hydrogens (tertiary/aromatic N) is 3. The van der Waals surface area contributed by atoms with Crippen LogP contribution in [0.3, 0.4) is 0 Å². The Balaban J connectivity index is 1.28. The van der Waals surface area contributed by atoms with Gasteiger partial charge in [-0.2, -0.15) is 5.10 Å². The normalized spacial score (nSPS) is 17.2. The second-order valence-electron chi connectivity index (χ2n) is 9.23. The maximum Gasteiger partial charge on any atom is 0.257 e. The van der Waals surface area contributed by atoms with Gasteiger partial charge in [0.05, 0.1) is 29.6 Å². The zero-order valence-corrected chi connectivity index (χ0v) is 18.8. The highest BCUT2D eigenvalue weighted by molar-refractivity contribution is 5.97. The summed E-state index contributed by atoms with van der Waals surface area (Å²) in [5.74, 6) is -0.163. The lowest BCUT2D eigenvalue weighted by atomic mass is 9.60. The molecule has 1 saturated carbocycles. The quantitative estimate of drug-likeness (QED) is 0.557. The summed E-state index contributed by atoms with van der Waals surface area (Å²) in [7, 11) is 0. The van der Waals surface area contributed by atoms with Gasteiger partial charge in [-0.15, -0.1) is 0 Å². The minimum Gasteiger partial charge on any atom is -0.493 e. The third-order valence-corrected chi connectivity index (χ3v) is 6.78. The standard InChI is InChI=1S/C26H28FN3O2/c1-4-32-24-12-19(27)9-10-22(24)25(31)29-15-26(16-29)13-20(14-26)30-23(11-18(3)28-30)21-8-6-5-7-17(21)2/h5-12,20H,4,13-16H2,1-3H3. The van der Waals surface area contributed by atoms with Crippen LogP contribution in [0.15, 0.2) is 48.5 Å². The topological polar surface area (TPSA) is 47.4 Å². The molecule has 5 rings (SSSR count). The lowest BCUT2D eigenvalue weighted by Crippen LogP contribution is -2.63. The van der Waals surface area contributed by atoms with Crippen molar-refractivity contribution in [3.63, 3.8) is 0 Å². The van der Waals surface area contributed by atoms with E-state index in [0.717, 1.165) is 31.6 Å². The number of aryl methyl sites for hydroxylation is 2. The molecule has 3 aromatic rings. The Morgan fingerprint density at radius 2 is 1.91 bits per heavy atom. The highest BCUT2D eigenvalue weighted by atomic mass is 19.1. The van der Waals surface area contributed by atoms with Crippen LogP contribution in [0.25, 0.3) is 11.3 Å². The smallest absolute Gasteiger partial charge is 0.257 e. The summed E-state index contributed by atoms with van der Waals surface area (Å²) in [6, 6.07) is 15.1. The van der Waals surface area contributed by atoms with Crippen LogP contribution >= 0.6 is 0 Å². The molecule has 32 heavy (non-hydrogen) atoms. The fraction of sp³-hybridized carbons (Fsp3) is 0.385. The molecule has 5 nitrogen and oxygen atoms in total. The van der Waals surface area contributed by atoms with Gasteiger partial charge in [-0.3, -0.25) is 9.48 Å². The monoisotopic (exact) mass is 433 g/mol. The molecule has 1 aliphatic carbocycles. The van der Waals surface area contributed by atoms with Gasteiger partial charge in [-0.05, 0) is 57.4 Å². The van der Waals surface area contributed by atoms with E-state index >= 15 is 0 Å². The summed E-state index contributed by atoms with van der Waals surface area (Å²) in [5.41, 5.74) is 5.25. The fourth-order valence-electron chi connectivity index (χ4n) is 5.25. The third-order valence-electron chi connectivity index (χ3n) is 6.78. The number of likely N-dealkylation sites (tertiary alicyclic amines) is 1. The maximum absolute atomic E-state index is 13.6. The Kier molecular flexibility index (Phi) is 5.03. The van der Waals surface area contributed by atoms with Crippen molar-refractivity contribution in [3.05, 3.63) is 71.2 Å². The van der Waals surface area contributed by atoms with Crippen LogP contribution in [0.5, 0.6) is 5.75 Å². The molecule has 0 atom stereocenters. The molecular formula is C26H28FN3O2. The number of rotatable bonds is 5. The van der Waals surface area contributed by atoms with Crippen LogP contribution in [0.1, 0.15) is 47.4 Å². The van der Waals surface area contributed by atoms with Crippen molar-refractivity contribution < 1.29 is 13.9 Å². The molecule has 0 unspecified atom stereocenters. The molecule has 0 radical (unpaired) electrons. The zero-order chi connectivity index (χ0) is 22.5. The van der Waals surface area contributed by atoms with Crippen LogP contribution in [-0.4, -0.2) is 40.3 Å². The second kappa shape index (κ2) is 7.76. The largest absolute Gasteiger partial charge is 0.493 e. The molecule has 1 aliphatic heterocycles. The van der Waals surface area contributed by atoms with Crippen LogP contribution < -0.4 is 4.74 Å². The minimum atomic E-state index is -0.397. The maximum atomic E-state index is 13.6. The van der Waals surface area contributed by atoms with Crippen molar-refractivity contribution in [1.29, 1.82) is 0 Å². The van der Waals surface area contributed by atoms with Crippen LogP contribution in [0.2, 0.25) is 0 Å². The van der Waals surface area contributed by atoms with Gasteiger partial charge in [0, 0.05) is 30.1 Å². The van der Waals surface area contributed by atoms with E-state index in [2.05, 4.69) is 41.9 Å². The lowest BCUT2D eigenvalue weighted by molar-refractivity contribution is -0.0735. The van der Waals surface area contributed by atoms with Gasteiger partial charge < -0.3 is 9.64 Å².